The van der Waals surface area contributed by atoms with E-state index in [0.29, 0.717) is 38.3 Å². The van der Waals surface area contributed by atoms with Gasteiger partial charge in [0.25, 0.3) is 0 Å². The molecule has 2 aliphatic rings. The van der Waals surface area contributed by atoms with Gasteiger partial charge in [-0.1, -0.05) is 0 Å². The normalized spacial score (nSPS) is 29.4. The van der Waals surface area contributed by atoms with Gasteiger partial charge >= 0.3 is 6.03 Å². The number of ether oxygens (including phenoxy) is 2. The van der Waals surface area contributed by atoms with E-state index in [2.05, 4.69) is 25.8 Å². The molecule has 2 aliphatic heterocycles. The lowest BCUT2D eigenvalue weighted by molar-refractivity contribution is -0.0536. The molecule has 0 N–H and O–H groups in total. The average molecular weight is 313 g/mol. The first-order valence-electron chi connectivity index (χ1n) is 8.21. The third kappa shape index (κ3) is 4.12. The van der Waals surface area contributed by atoms with Crippen LogP contribution < -0.4 is 0 Å². The lowest BCUT2D eigenvalue weighted by atomic mass is 9.93. The van der Waals surface area contributed by atoms with E-state index in [4.69, 9.17) is 9.47 Å². The second kappa shape index (κ2) is 7.15. The summed E-state index contributed by atoms with van der Waals surface area (Å²) >= 11 is 0. The quantitative estimate of drug-likeness (QED) is 0.783. The fourth-order valence-electron chi connectivity index (χ4n) is 3.24. The van der Waals surface area contributed by atoms with Crippen LogP contribution in [0.2, 0.25) is 0 Å². The van der Waals surface area contributed by atoms with Crippen LogP contribution in [0.5, 0.6) is 0 Å². The number of rotatable bonds is 3. The molecule has 0 aliphatic carbocycles. The summed E-state index contributed by atoms with van der Waals surface area (Å²) in [6.07, 6.45) is 0.960. The Balaban J connectivity index is 1.99. The van der Waals surface area contributed by atoms with Crippen LogP contribution in [0.15, 0.2) is 0 Å². The van der Waals surface area contributed by atoms with E-state index in [1.807, 2.05) is 4.90 Å². The van der Waals surface area contributed by atoms with Gasteiger partial charge in [0, 0.05) is 33.2 Å². The smallest absolute Gasteiger partial charge is 0.319 e. The average Bonchev–Trinajstić information content (AvgIpc) is 2.71. The van der Waals surface area contributed by atoms with Gasteiger partial charge in [0.05, 0.1) is 26.4 Å². The number of carbonyl (C=O) groups is 1. The van der Waals surface area contributed by atoms with Gasteiger partial charge in [0.15, 0.2) is 0 Å². The van der Waals surface area contributed by atoms with Gasteiger partial charge in [-0.3, -0.25) is 0 Å². The molecule has 128 valence electrons. The monoisotopic (exact) mass is 313 g/mol. The highest BCUT2D eigenvalue weighted by molar-refractivity contribution is 5.74. The van der Waals surface area contributed by atoms with E-state index in [1.54, 1.807) is 19.0 Å². The first-order chi connectivity index (χ1) is 10.3. The summed E-state index contributed by atoms with van der Waals surface area (Å²) in [5, 5.41) is 0. The number of hydrogen-bond acceptors (Lipinski definition) is 4. The van der Waals surface area contributed by atoms with Crippen LogP contribution in [0.25, 0.3) is 0 Å². The van der Waals surface area contributed by atoms with Gasteiger partial charge in [-0.25, -0.2) is 4.79 Å². The van der Waals surface area contributed by atoms with Crippen molar-refractivity contribution < 1.29 is 14.3 Å². The molecule has 2 rings (SSSR count). The molecule has 0 unspecified atom stereocenters. The molecule has 22 heavy (non-hydrogen) atoms. The molecule has 2 amide bonds. The van der Waals surface area contributed by atoms with Crippen molar-refractivity contribution in [3.05, 3.63) is 0 Å². The molecule has 0 saturated carbocycles. The zero-order chi connectivity index (χ0) is 16.3. The molecule has 2 heterocycles. The highest BCUT2D eigenvalue weighted by Crippen LogP contribution is 2.33. The maximum atomic E-state index is 12.3. The van der Waals surface area contributed by atoms with Crippen LogP contribution in [-0.2, 0) is 9.47 Å². The third-order valence-corrected chi connectivity index (χ3v) is 4.72. The zero-order valence-electron chi connectivity index (χ0n) is 14.7. The van der Waals surface area contributed by atoms with Crippen molar-refractivity contribution in [1.29, 1.82) is 0 Å². The van der Waals surface area contributed by atoms with Crippen molar-refractivity contribution >= 4 is 6.03 Å². The predicted octanol–water partition coefficient (Wildman–Crippen LogP) is 1.12. The van der Waals surface area contributed by atoms with Crippen molar-refractivity contribution in [1.82, 2.24) is 14.7 Å². The summed E-state index contributed by atoms with van der Waals surface area (Å²) in [4.78, 5) is 18.1. The standard InChI is InChI=1S/C16H31N3O3/c1-13(2)18(5)9-14-8-16(22-10-14)11-19(6-7-21-12-16)15(20)17(3)4/h13-14H,6-12H2,1-5H3/t14-,16+/m1/s1. The van der Waals surface area contributed by atoms with Gasteiger partial charge in [-0.2, -0.15) is 0 Å². The number of hydrogen-bond donors (Lipinski definition) is 0. The molecule has 0 aromatic rings. The topological polar surface area (TPSA) is 45.3 Å². The Hall–Kier alpha value is -0.850. The van der Waals surface area contributed by atoms with E-state index < -0.39 is 0 Å². The minimum absolute atomic E-state index is 0.0382. The summed E-state index contributed by atoms with van der Waals surface area (Å²) in [5.41, 5.74) is -0.329. The fourth-order valence-corrected chi connectivity index (χ4v) is 3.24. The van der Waals surface area contributed by atoms with Crippen molar-refractivity contribution in [2.45, 2.75) is 31.9 Å². The molecule has 2 fully saturated rings. The number of amides is 2. The van der Waals surface area contributed by atoms with Crippen molar-refractivity contribution in [2.75, 3.05) is 60.6 Å². The maximum Gasteiger partial charge on any atom is 0.319 e. The highest BCUT2D eigenvalue weighted by Gasteiger charge is 2.44. The SMILES string of the molecule is CC(C)N(C)C[C@@H]1CO[C@@]2(COCCN(C(=O)N(C)C)C2)C1. The highest BCUT2D eigenvalue weighted by atomic mass is 16.5. The van der Waals surface area contributed by atoms with Crippen LogP contribution in [0.3, 0.4) is 0 Å². The Morgan fingerprint density at radius 2 is 2.09 bits per heavy atom. The molecule has 6 nitrogen and oxygen atoms in total. The summed E-state index contributed by atoms with van der Waals surface area (Å²) in [7, 11) is 5.73. The van der Waals surface area contributed by atoms with E-state index in [0.717, 1.165) is 19.6 Å². The van der Waals surface area contributed by atoms with Gasteiger partial charge in [-0.05, 0) is 33.2 Å². The Kier molecular flexibility index (Phi) is 5.69. The lowest BCUT2D eigenvalue weighted by Crippen LogP contribution is -2.49. The molecule has 2 saturated heterocycles. The van der Waals surface area contributed by atoms with Crippen molar-refractivity contribution in [3.8, 4) is 0 Å². The van der Waals surface area contributed by atoms with Crippen molar-refractivity contribution in [2.24, 2.45) is 5.92 Å². The zero-order valence-corrected chi connectivity index (χ0v) is 14.7. The second-order valence-corrected chi connectivity index (χ2v) is 7.25. The molecule has 6 heteroatoms. The van der Waals surface area contributed by atoms with Crippen LogP contribution >= 0.6 is 0 Å². The van der Waals surface area contributed by atoms with Crippen LogP contribution in [-0.4, -0.2) is 93.0 Å². The first kappa shape index (κ1) is 17.5. The van der Waals surface area contributed by atoms with Gasteiger partial charge in [0.2, 0.25) is 0 Å². The van der Waals surface area contributed by atoms with Gasteiger partial charge in [0.1, 0.15) is 5.60 Å². The molecular weight excluding hydrogens is 282 g/mol. The second-order valence-electron chi connectivity index (χ2n) is 7.25. The summed E-state index contributed by atoms with van der Waals surface area (Å²) < 4.78 is 11.9. The molecule has 1 spiro atoms. The molecule has 0 bridgehead atoms. The van der Waals surface area contributed by atoms with Crippen LogP contribution in [0.4, 0.5) is 4.79 Å². The largest absolute Gasteiger partial charge is 0.377 e. The van der Waals surface area contributed by atoms with Gasteiger partial charge < -0.3 is 24.2 Å². The molecule has 0 aromatic carbocycles. The number of nitrogens with zero attached hydrogens (tertiary/aromatic N) is 3. The van der Waals surface area contributed by atoms with E-state index in [-0.39, 0.29) is 11.6 Å². The van der Waals surface area contributed by atoms with E-state index >= 15 is 0 Å². The minimum atomic E-state index is -0.329. The predicted molar refractivity (Wildman–Crippen MR) is 86.0 cm³/mol. The minimum Gasteiger partial charge on any atom is -0.377 e. The van der Waals surface area contributed by atoms with Gasteiger partial charge in [-0.15, -0.1) is 0 Å². The number of carbonyl (C=O) groups excluding carboxylic acids is 1. The summed E-state index contributed by atoms with van der Waals surface area (Å²) in [5.74, 6) is 0.505. The Bertz CT molecular complexity index is 389. The molecular formula is C16H31N3O3. The maximum absolute atomic E-state index is 12.3. The summed E-state index contributed by atoms with van der Waals surface area (Å²) in [6.45, 7) is 8.64. The van der Waals surface area contributed by atoms with Crippen LogP contribution in [0, 0.1) is 5.92 Å². The Labute approximate surface area is 134 Å². The fraction of sp³-hybridized carbons (Fsp3) is 0.938. The number of urea groups is 1. The molecule has 0 aromatic heterocycles. The van der Waals surface area contributed by atoms with E-state index in [9.17, 15) is 4.79 Å². The van der Waals surface area contributed by atoms with E-state index in [1.165, 1.54) is 0 Å². The Morgan fingerprint density at radius 3 is 2.73 bits per heavy atom. The van der Waals surface area contributed by atoms with Crippen LogP contribution in [0.1, 0.15) is 20.3 Å². The third-order valence-electron chi connectivity index (χ3n) is 4.72. The summed E-state index contributed by atoms with van der Waals surface area (Å²) in [6, 6.07) is 0.574. The Morgan fingerprint density at radius 1 is 1.36 bits per heavy atom. The molecule has 0 radical (unpaired) electrons. The lowest BCUT2D eigenvalue weighted by Gasteiger charge is -2.32. The van der Waals surface area contributed by atoms with Crippen molar-refractivity contribution in [3.63, 3.8) is 0 Å². The molecule has 2 atom stereocenters. The first-order valence-corrected chi connectivity index (χ1v) is 8.21.